The fraction of sp³-hybridized carbons (Fsp3) is 0.435. The van der Waals surface area contributed by atoms with Crippen LogP contribution in [0.3, 0.4) is 0 Å². The van der Waals surface area contributed by atoms with Gasteiger partial charge in [-0.2, -0.15) is 13.2 Å². The summed E-state index contributed by atoms with van der Waals surface area (Å²) < 4.78 is 38.6. The molecule has 29 heavy (non-hydrogen) atoms. The largest absolute Gasteiger partial charge is 0.416 e. The van der Waals surface area contributed by atoms with E-state index in [-0.39, 0.29) is 6.04 Å². The number of halogens is 3. The first-order valence-electron chi connectivity index (χ1n) is 10.3. The molecule has 2 aliphatic rings. The molecule has 154 valence electrons. The van der Waals surface area contributed by atoms with Gasteiger partial charge in [-0.1, -0.05) is 43.5 Å². The summed E-state index contributed by atoms with van der Waals surface area (Å²) >= 11 is 0. The summed E-state index contributed by atoms with van der Waals surface area (Å²) in [5.74, 6) is 0.770. The van der Waals surface area contributed by atoms with Gasteiger partial charge >= 0.3 is 6.18 Å². The average molecular weight is 401 g/mol. The van der Waals surface area contributed by atoms with Gasteiger partial charge in [0.25, 0.3) is 0 Å². The lowest BCUT2D eigenvalue weighted by Crippen LogP contribution is -2.41. The van der Waals surface area contributed by atoms with E-state index in [2.05, 4.69) is 28.4 Å². The summed E-state index contributed by atoms with van der Waals surface area (Å²) in [5, 5.41) is 3.31. The van der Waals surface area contributed by atoms with Gasteiger partial charge in [0.05, 0.1) is 11.6 Å². The first kappa shape index (κ1) is 19.8. The number of aliphatic imine (C=N–C) groups is 1. The molecular weight excluding hydrogens is 375 g/mol. The highest BCUT2D eigenvalue weighted by atomic mass is 19.4. The molecule has 3 nitrogen and oxygen atoms in total. The lowest BCUT2D eigenvalue weighted by Gasteiger charge is -2.33. The Morgan fingerprint density at radius 1 is 0.931 bits per heavy atom. The molecule has 1 aliphatic carbocycles. The number of hydrogen-bond acceptors (Lipinski definition) is 1. The minimum atomic E-state index is -4.33. The van der Waals surface area contributed by atoms with Gasteiger partial charge in [0.2, 0.25) is 0 Å². The third-order valence-corrected chi connectivity index (χ3v) is 5.78. The van der Waals surface area contributed by atoms with Crippen molar-refractivity contribution in [3.8, 4) is 0 Å². The number of benzene rings is 2. The van der Waals surface area contributed by atoms with Crippen LogP contribution >= 0.6 is 0 Å². The van der Waals surface area contributed by atoms with Gasteiger partial charge in [-0.15, -0.1) is 0 Å². The number of alkyl halides is 3. The van der Waals surface area contributed by atoms with E-state index >= 15 is 0 Å². The Labute approximate surface area is 169 Å². The molecule has 0 unspecified atom stereocenters. The number of guanidine groups is 1. The SMILES string of the molecule is FC(F)(F)c1ccc(NC(=NC2CCCCC2)N2CCc3ccccc3C2)cc1. The summed E-state index contributed by atoms with van der Waals surface area (Å²) in [4.78, 5) is 7.22. The number of anilines is 1. The van der Waals surface area contributed by atoms with Gasteiger partial charge in [0.15, 0.2) is 5.96 Å². The van der Waals surface area contributed by atoms with Crippen molar-refractivity contribution < 1.29 is 13.2 Å². The quantitative estimate of drug-likeness (QED) is 0.504. The highest BCUT2D eigenvalue weighted by molar-refractivity contribution is 5.94. The van der Waals surface area contributed by atoms with Gasteiger partial charge in [0.1, 0.15) is 0 Å². The molecule has 0 aromatic heterocycles. The molecule has 0 bridgehead atoms. The number of nitrogens with one attached hydrogen (secondary N) is 1. The van der Waals surface area contributed by atoms with E-state index < -0.39 is 11.7 Å². The van der Waals surface area contributed by atoms with Crippen molar-refractivity contribution in [3.63, 3.8) is 0 Å². The minimum Gasteiger partial charge on any atom is -0.338 e. The van der Waals surface area contributed by atoms with Crippen LogP contribution < -0.4 is 5.32 Å². The number of rotatable bonds is 2. The van der Waals surface area contributed by atoms with Crippen molar-refractivity contribution in [2.75, 3.05) is 11.9 Å². The summed E-state index contributed by atoms with van der Waals surface area (Å²) in [7, 11) is 0. The summed E-state index contributed by atoms with van der Waals surface area (Å²) in [5.41, 5.74) is 2.63. The van der Waals surface area contributed by atoms with Crippen LogP contribution in [0.4, 0.5) is 18.9 Å². The molecule has 0 amide bonds. The number of hydrogen-bond donors (Lipinski definition) is 1. The van der Waals surface area contributed by atoms with Crippen LogP contribution in [0, 0.1) is 0 Å². The maximum absolute atomic E-state index is 12.9. The fourth-order valence-corrected chi connectivity index (χ4v) is 4.12. The van der Waals surface area contributed by atoms with E-state index in [1.165, 1.54) is 42.5 Å². The zero-order valence-electron chi connectivity index (χ0n) is 16.4. The third kappa shape index (κ3) is 4.92. The molecule has 2 aromatic carbocycles. The maximum Gasteiger partial charge on any atom is 0.416 e. The number of fused-ring (bicyclic) bond motifs is 1. The van der Waals surface area contributed by atoms with Crippen LogP contribution in [0.5, 0.6) is 0 Å². The van der Waals surface area contributed by atoms with E-state index in [1.807, 2.05) is 6.07 Å². The van der Waals surface area contributed by atoms with Crippen LogP contribution in [0.1, 0.15) is 48.8 Å². The van der Waals surface area contributed by atoms with Crippen LogP contribution in [0.15, 0.2) is 53.5 Å². The smallest absolute Gasteiger partial charge is 0.338 e. The fourth-order valence-electron chi connectivity index (χ4n) is 4.12. The second kappa shape index (κ2) is 8.47. The summed E-state index contributed by atoms with van der Waals surface area (Å²) in [6.07, 6.45) is 2.38. The lowest BCUT2D eigenvalue weighted by molar-refractivity contribution is -0.137. The molecule has 0 saturated heterocycles. The predicted octanol–water partition coefficient (Wildman–Crippen LogP) is 5.86. The van der Waals surface area contributed by atoms with Crippen molar-refractivity contribution in [2.24, 2.45) is 4.99 Å². The molecule has 1 saturated carbocycles. The Bertz CT molecular complexity index is 852. The molecule has 6 heteroatoms. The molecule has 4 rings (SSSR count). The van der Waals surface area contributed by atoms with Crippen molar-refractivity contribution in [1.82, 2.24) is 4.90 Å². The molecule has 1 aliphatic heterocycles. The second-order valence-electron chi connectivity index (χ2n) is 7.88. The Balaban J connectivity index is 1.56. The molecule has 1 fully saturated rings. The van der Waals surface area contributed by atoms with Crippen LogP contribution in [-0.2, 0) is 19.1 Å². The van der Waals surface area contributed by atoms with Gasteiger partial charge in [-0.3, -0.25) is 0 Å². The van der Waals surface area contributed by atoms with Gasteiger partial charge in [-0.25, -0.2) is 4.99 Å². The van der Waals surface area contributed by atoms with Crippen LogP contribution in [0.25, 0.3) is 0 Å². The van der Waals surface area contributed by atoms with E-state index in [0.717, 1.165) is 50.4 Å². The average Bonchev–Trinajstić information content (AvgIpc) is 2.73. The van der Waals surface area contributed by atoms with E-state index in [0.29, 0.717) is 5.69 Å². The summed E-state index contributed by atoms with van der Waals surface area (Å²) in [6, 6.07) is 13.9. The zero-order valence-corrected chi connectivity index (χ0v) is 16.4. The van der Waals surface area contributed by atoms with Crippen LogP contribution in [0.2, 0.25) is 0 Å². The van der Waals surface area contributed by atoms with Gasteiger partial charge in [-0.05, 0) is 54.7 Å². The molecule has 1 N–H and O–H groups in total. The highest BCUT2D eigenvalue weighted by Crippen LogP contribution is 2.30. The summed E-state index contributed by atoms with van der Waals surface area (Å²) in [6.45, 7) is 1.60. The molecule has 0 radical (unpaired) electrons. The first-order valence-corrected chi connectivity index (χ1v) is 10.3. The van der Waals surface area contributed by atoms with Crippen molar-refractivity contribution in [2.45, 2.75) is 57.3 Å². The Morgan fingerprint density at radius 2 is 1.62 bits per heavy atom. The normalized spacial score (nSPS) is 18.4. The maximum atomic E-state index is 12.9. The van der Waals surface area contributed by atoms with Crippen molar-refractivity contribution in [3.05, 3.63) is 65.2 Å². The van der Waals surface area contributed by atoms with E-state index in [4.69, 9.17) is 4.99 Å². The minimum absolute atomic E-state index is 0.276. The predicted molar refractivity (Wildman–Crippen MR) is 110 cm³/mol. The van der Waals surface area contributed by atoms with Gasteiger partial charge in [0, 0.05) is 18.8 Å². The van der Waals surface area contributed by atoms with Gasteiger partial charge < -0.3 is 10.2 Å². The molecule has 1 heterocycles. The van der Waals surface area contributed by atoms with E-state index in [9.17, 15) is 13.2 Å². The molecule has 0 spiro atoms. The standard InChI is InChI=1S/C23H26F3N3/c24-23(25,26)19-10-12-21(13-11-19)28-22(27-20-8-2-1-3-9-20)29-15-14-17-6-4-5-7-18(17)16-29/h4-7,10-13,20H,1-3,8-9,14-16H2,(H,27,28). The monoisotopic (exact) mass is 401 g/mol. The highest BCUT2D eigenvalue weighted by Gasteiger charge is 2.30. The van der Waals surface area contributed by atoms with E-state index in [1.54, 1.807) is 0 Å². The van der Waals surface area contributed by atoms with Crippen molar-refractivity contribution in [1.29, 1.82) is 0 Å². The molecule has 0 atom stereocenters. The Kier molecular flexibility index (Phi) is 5.79. The number of nitrogens with zero attached hydrogens (tertiary/aromatic N) is 2. The third-order valence-electron chi connectivity index (χ3n) is 5.78. The van der Waals surface area contributed by atoms with Crippen LogP contribution in [-0.4, -0.2) is 23.4 Å². The molecular formula is C23H26F3N3. The zero-order chi connectivity index (χ0) is 20.3. The topological polar surface area (TPSA) is 27.6 Å². The molecule has 2 aromatic rings. The second-order valence-corrected chi connectivity index (χ2v) is 7.88. The lowest BCUT2D eigenvalue weighted by atomic mass is 9.96. The first-order chi connectivity index (χ1) is 14.0. The Hall–Kier alpha value is -2.50. The van der Waals surface area contributed by atoms with Crippen molar-refractivity contribution >= 4 is 11.6 Å². The Morgan fingerprint density at radius 3 is 2.31 bits per heavy atom.